The van der Waals surface area contributed by atoms with Crippen LogP contribution in [0.15, 0.2) is 24.5 Å². The molecule has 1 aliphatic heterocycles. The Hall–Kier alpha value is -2.02. The second-order valence-corrected chi connectivity index (χ2v) is 5.82. The summed E-state index contributed by atoms with van der Waals surface area (Å²) in [7, 11) is 0. The van der Waals surface area contributed by atoms with Gasteiger partial charge in [0.2, 0.25) is 5.13 Å². The lowest BCUT2D eigenvalue weighted by Gasteiger charge is -2.35. The molecular weight excluding hydrogens is 286 g/mol. The van der Waals surface area contributed by atoms with E-state index in [0.717, 1.165) is 31.4 Å². The minimum absolute atomic E-state index is 0.0847. The molecule has 3 rings (SSSR count). The highest BCUT2D eigenvalue weighted by Gasteiger charge is 2.28. The van der Waals surface area contributed by atoms with Crippen molar-refractivity contribution < 1.29 is 4.79 Å². The minimum Gasteiger partial charge on any atom is -0.317 e. The number of rotatable bonds is 2. The van der Waals surface area contributed by atoms with E-state index in [9.17, 15) is 4.79 Å². The number of amides is 2. The van der Waals surface area contributed by atoms with E-state index in [0.29, 0.717) is 11.0 Å². The van der Waals surface area contributed by atoms with Crippen molar-refractivity contribution in [3.8, 4) is 0 Å². The predicted octanol–water partition coefficient (Wildman–Crippen LogP) is 3.00. The van der Waals surface area contributed by atoms with Gasteiger partial charge in [0.1, 0.15) is 5.82 Å². The van der Waals surface area contributed by atoms with Gasteiger partial charge in [-0.05, 0) is 37.8 Å². The van der Waals surface area contributed by atoms with Crippen LogP contribution in [0.5, 0.6) is 0 Å². The van der Waals surface area contributed by atoms with E-state index in [-0.39, 0.29) is 12.1 Å². The van der Waals surface area contributed by atoms with Gasteiger partial charge in [-0.15, -0.1) is 0 Å². The van der Waals surface area contributed by atoms with Gasteiger partial charge >= 0.3 is 6.03 Å². The topological polar surface area (TPSA) is 71.0 Å². The van der Waals surface area contributed by atoms with Crippen molar-refractivity contribution in [1.29, 1.82) is 0 Å². The summed E-state index contributed by atoms with van der Waals surface area (Å²) in [5.74, 6) is 0.678. The summed E-state index contributed by atoms with van der Waals surface area (Å²) >= 11 is 1.21. The Kier molecular flexibility index (Phi) is 4.10. The molecule has 6 nitrogen and oxygen atoms in total. The third-order valence-corrected chi connectivity index (χ3v) is 4.30. The molecule has 1 atom stereocenters. The maximum atomic E-state index is 12.5. The average molecular weight is 303 g/mol. The highest BCUT2D eigenvalue weighted by atomic mass is 32.1. The number of hydrogen-bond donors (Lipinski definition) is 1. The molecule has 0 unspecified atom stereocenters. The largest absolute Gasteiger partial charge is 0.324 e. The molecule has 1 fully saturated rings. The Morgan fingerprint density at radius 3 is 3.10 bits per heavy atom. The number of piperidine rings is 1. The van der Waals surface area contributed by atoms with Gasteiger partial charge in [0, 0.05) is 30.5 Å². The van der Waals surface area contributed by atoms with Crippen molar-refractivity contribution in [2.45, 2.75) is 32.2 Å². The standard InChI is InChI=1S/C14H17N5OS/c1-10-16-13(21-18-10)17-14(20)19-8-3-2-6-12(19)11-5-4-7-15-9-11/h4-5,7,9,12H,2-3,6,8H2,1H3,(H,16,17,18,20)/t12-/m1/s1. The molecule has 0 aliphatic carbocycles. The van der Waals surface area contributed by atoms with Crippen molar-refractivity contribution in [3.63, 3.8) is 0 Å². The number of nitrogens with zero attached hydrogens (tertiary/aromatic N) is 4. The van der Waals surface area contributed by atoms with Crippen LogP contribution >= 0.6 is 11.5 Å². The Balaban J connectivity index is 1.76. The first-order valence-electron chi connectivity index (χ1n) is 7.02. The van der Waals surface area contributed by atoms with Crippen molar-refractivity contribution in [2.24, 2.45) is 0 Å². The van der Waals surface area contributed by atoms with Gasteiger partial charge in [0.25, 0.3) is 0 Å². The van der Waals surface area contributed by atoms with Gasteiger partial charge in [-0.3, -0.25) is 10.3 Å². The number of pyridine rings is 1. The summed E-state index contributed by atoms with van der Waals surface area (Å²) < 4.78 is 4.08. The molecule has 0 spiro atoms. The third-order valence-electron chi connectivity index (χ3n) is 3.57. The number of carbonyl (C=O) groups is 1. The van der Waals surface area contributed by atoms with Gasteiger partial charge in [-0.1, -0.05) is 6.07 Å². The molecule has 2 aromatic rings. The normalized spacial score (nSPS) is 18.5. The Labute approximate surface area is 127 Å². The van der Waals surface area contributed by atoms with Gasteiger partial charge in [-0.25, -0.2) is 9.78 Å². The molecule has 110 valence electrons. The first kappa shape index (κ1) is 13.9. The summed E-state index contributed by atoms with van der Waals surface area (Å²) in [5, 5.41) is 3.39. The number of nitrogens with one attached hydrogen (secondary N) is 1. The number of likely N-dealkylation sites (tertiary alicyclic amines) is 1. The molecule has 0 saturated carbocycles. The van der Waals surface area contributed by atoms with Crippen LogP contribution in [0.3, 0.4) is 0 Å². The predicted molar refractivity (Wildman–Crippen MR) is 81.2 cm³/mol. The number of hydrogen-bond acceptors (Lipinski definition) is 5. The SMILES string of the molecule is Cc1nsc(NC(=O)N2CCCC[C@@H]2c2cccnc2)n1. The maximum Gasteiger partial charge on any atom is 0.324 e. The lowest BCUT2D eigenvalue weighted by atomic mass is 9.97. The van der Waals surface area contributed by atoms with Crippen LogP contribution in [0.2, 0.25) is 0 Å². The van der Waals surface area contributed by atoms with Gasteiger partial charge in [0.15, 0.2) is 0 Å². The van der Waals surface area contributed by atoms with Gasteiger partial charge in [-0.2, -0.15) is 4.37 Å². The van der Waals surface area contributed by atoms with Crippen LogP contribution in [0.4, 0.5) is 9.93 Å². The van der Waals surface area contributed by atoms with E-state index in [1.165, 1.54) is 11.5 Å². The fourth-order valence-electron chi connectivity index (χ4n) is 2.61. The van der Waals surface area contributed by atoms with Crippen molar-refractivity contribution in [2.75, 3.05) is 11.9 Å². The van der Waals surface area contributed by atoms with E-state index >= 15 is 0 Å². The van der Waals surface area contributed by atoms with Crippen LogP contribution < -0.4 is 5.32 Å². The highest BCUT2D eigenvalue weighted by molar-refractivity contribution is 7.09. The molecule has 0 bridgehead atoms. The van der Waals surface area contributed by atoms with E-state index < -0.39 is 0 Å². The Bertz CT molecular complexity index is 615. The summed E-state index contributed by atoms with van der Waals surface area (Å²) in [4.78, 5) is 22.7. The molecule has 1 N–H and O–H groups in total. The fraction of sp³-hybridized carbons (Fsp3) is 0.429. The van der Waals surface area contributed by atoms with Crippen molar-refractivity contribution in [3.05, 3.63) is 35.9 Å². The summed E-state index contributed by atoms with van der Waals surface area (Å²) in [6.45, 7) is 2.56. The Morgan fingerprint density at radius 2 is 2.38 bits per heavy atom. The fourth-order valence-corrected chi connectivity index (χ4v) is 3.17. The summed E-state index contributed by atoms with van der Waals surface area (Å²) in [6, 6.07) is 3.91. The number of aryl methyl sites for hydroxylation is 1. The van der Waals surface area contributed by atoms with Crippen LogP contribution in [-0.2, 0) is 0 Å². The van der Waals surface area contributed by atoms with Crippen LogP contribution in [0, 0.1) is 6.92 Å². The molecule has 1 aliphatic rings. The van der Waals surface area contributed by atoms with Crippen molar-refractivity contribution >= 4 is 22.7 Å². The summed E-state index contributed by atoms with van der Waals surface area (Å²) in [5.41, 5.74) is 1.08. The third kappa shape index (κ3) is 3.18. The molecule has 1 saturated heterocycles. The molecule has 0 aromatic carbocycles. The smallest absolute Gasteiger partial charge is 0.317 e. The van der Waals surface area contributed by atoms with E-state index in [2.05, 4.69) is 19.7 Å². The van der Waals surface area contributed by atoms with Crippen molar-refractivity contribution in [1.82, 2.24) is 19.2 Å². The number of anilines is 1. The highest BCUT2D eigenvalue weighted by Crippen LogP contribution is 2.31. The quantitative estimate of drug-likeness (QED) is 0.925. The van der Waals surface area contributed by atoms with Crippen LogP contribution in [-0.4, -0.2) is 31.8 Å². The lowest BCUT2D eigenvalue weighted by molar-refractivity contribution is 0.163. The molecular formula is C14H17N5OS. The van der Waals surface area contributed by atoms with Gasteiger partial charge < -0.3 is 4.90 Å². The second-order valence-electron chi connectivity index (χ2n) is 5.07. The molecule has 3 heterocycles. The summed E-state index contributed by atoms with van der Waals surface area (Å²) in [6.07, 6.45) is 6.71. The molecule has 21 heavy (non-hydrogen) atoms. The van der Waals surface area contributed by atoms with E-state index in [1.807, 2.05) is 30.2 Å². The van der Waals surface area contributed by atoms with Gasteiger partial charge in [0.05, 0.1) is 6.04 Å². The monoisotopic (exact) mass is 303 g/mol. The number of urea groups is 1. The number of aromatic nitrogens is 3. The second kappa shape index (κ2) is 6.17. The zero-order valence-electron chi connectivity index (χ0n) is 11.8. The Morgan fingerprint density at radius 1 is 1.48 bits per heavy atom. The first-order valence-corrected chi connectivity index (χ1v) is 7.79. The van der Waals surface area contributed by atoms with E-state index in [1.54, 1.807) is 6.20 Å². The average Bonchev–Trinajstić information content (AvgIpc) is 2.93. The van der Waals surface area contributed by atoms with Crippen LogP contribution in [0.1, 0.15) is 36.7 Å². The molecule has 0 radical (unpaired) electrons. The lowest BCUT2D eigenvalue weighted by Crippen LogP contribution is -2.41. The van der Waals surface area contributed by atoms with E-state index in [4.69, 9.17) is 0 Å². The zero-order valence-corrected chi connectivity index (χ0v) is 12.6. The maximum absolute atomic E-state index is 12.5. The first-order chi connectivity index (χ1) is 10.2. The minimum atomic E-state index is -0.111. The molecule has 2 aromatic heterocycles. The van der Waals surface area contributed by atoms with Crippen LogP contribution in [0.25, 0.3) is 0 Å². The molecule has 7 heteroatoms. The number of carbonyl (C=O) groups excluding carboxylic acids is 1. The zero-order chi connectivity index (χ0) is 14.7. The molecule has 2 amide bonds.